The van der Waals surface area contributed by atoms with Crippen molar-refractivity contribution in [2.45, 2.75) is 89.0 Å². The molecular weight excluding hydrogens is 463 g/mol. The summed E-state index contributed by atoms with van der Waals surface area (Å²) in [5.74, 6) is 2.51. The van der Waals surface area contributed by atoms with E-state index < -0.39 is 0 Å². The second kappa shape index (κ2) is 15.0. The summed E-state index contributed by atoms with van der Waals surface area (Å²) >= 11 is 6.01. The molecule has 36 heavy (non-hydrogen) atoms. The van der Waals surface area contributed by atoms with Gasteiger partial charge in [0.1, 0.15) is 6.71 Å². The van der Waals surface area contributed by atoms with Gasteiger partial charge >= 0.3 is 0 Å². The Labute approximate surface area is 224 Å². The van der Waals surface area contributed by atoms with E-state index in [1.807, 2.05) is 0 Å². The van der Waals surface area contributed by atoms with Gasteiger partial charge in [-0.15, -0.1) is 11.6 Å². The van der Waals surface area contributed by atoms with Gasteiger partial charge in [0.2, 0.25) is 0 Å². The highest BCUT2D eigenvalue weighted by atomic mass is 35.5. The van der Waals surface area contributed by atoms with E-state index in [-0.39, 0.29) is 5.41 Å². The van der Waals surface area contributed by atoms with E-state index in [4.69, 9.17) is 21.1 Å². The lowest BCUT2D eigenvalue weighted by atomic mass is 9.25. The van der Waals surface area contributed by atoms with Gasteiger partial charge in [-0.1, -0.05) is 136 Å². The molecule has 0 aromatic heterocycles. The van der Waals surface area contributed by atoms with Crippen LogP contribution in [0, 0.1) is 5.41 Å². The Balaban J connectivity index is 1.41. The normalized spacial score (nSPS) is 20.2. The van der Waals surface area contributed by atoms with Crippen LogP contribution >= 0.6 is 11.6 Å². The maximum Gasteiger partial charge on any atom is 0.146 e. The Hall–Kier alpha value is -1.55. The highest BCUT2D eigenvalue weighted by molar-refractivity contribution is 6.62. The van der Waals surface area contributed by atoms with Crippen LogP contribution in [0.15, 0.2) is 72.8 Å². The predicted octanol–water partition coefficient (Wildman–Crippen LogP) is 8.97. The zero-order chi connectivity index (χ0) is 24.9. The topological polar surface area (TPSA) is 18.5 Å². The minimum Gasteiger partial charge on any atom is -0.376 e. The summed E-state index contributed by atoms with van der Waals surface area (Å²) in [5, 5.41) is 0. The molecule has 2 aromatic carbocycles. The van der Waals surface area contributed by atoms with E-state index in [2.05, 4.69) is 72.8 Å². The fourth-order valence-corrected chi connectivity index (χ4v) is 6.85. The van der Waals surface area contributed by atoms with Crippen LogP contribution in [-0.2, 0) is 22.7 Å². The maximum absolute atomic E-state index is 6.39. The number of halogens is 1. The van der Waals surface area contributed by atoms with Crippen molar-refractivity contribution in [3.8, 4) is 0 Å². The van der Waals surface area contributed by atoms with Crippen LogP contribution in [0.3, 0.4) is 0 Å². The summed E-state index contributed by atoms with van der Waals surface area (Å²) in [4.78, 5) is 0. The molecule has 0 saturated carbocycles. The van der Waals surface area contributed by atoms with Gasteiger partial charge in [-0.25, -0.2) is 0 Å². The van der Waals surface area contributed by atoms with Gasteiger partial charge in [-0.3, -0.25) is 0 Å². The van der Waals surface area contributed by atoms with E-state index in [9.17, 15) is 0 Å². The first-order valence-electron chi connectivity index (χ1n) is 14.2. The molecule has 0 radical (unpaired) electrons. The van der Waals surface area contributed by atoms with Gasteiger partial charge in [0.05, 0.1) is 26.4 Å². The summed E-state index contributed by atoms with van der Waals surface area (Å²) in [5.41, 5.74) is 2.42. The van der Waals surface area contributed by atoms with Crippen LogP contribution in [-0.4, -0.2) is 25.8 Å². The Kier molecular flexibility index (Phi) is 11.5. The molecule has 4 heteroatoms. The molecule has 4 rings (SSSR count). The standard InChI is InChI=1S/C32H44BClO2/c34-23-8-7-20-32(26-35-24-28-12-3-1-4-13-28,27-36-25-29-14-5-2-6-15-29)21-11-22-33-30-16-9-17-31(33)19-10-18-30/h1-8,12-15,30-31H,9-11,16-27H2/b8-7+. The molecule has 0 amide bonds. The summed E-state index contributed by atoms with van der Waals surface area (Å²) in [7, 11) is 0. The number of fused-ring (bicyclic) bond motifs is 2. The lowest BCUT2D eigenvalue weighted by Crippen LogP contribution is -2.36. The van der Waals surface area contributed by atoms with Crippen molar-refractivity contribution in [3.05, 3.63) is 83.9 Å². The first kappa shape index (κ1) is 27.5. The fourth-order valence-electron chi connectivity index (χ4n) is 6.72. The zero-order valence-corrected chi connectivity index (χ0v) is 22.7. The predicted molar refractivity (Wildman–Crippen MR) is 154 cm³/mol. The molecule has 0 N–H and O–H groups in total. The third-order valence-electron chi connectivity index (χ3n) is 8.60. The first-order valence-corrected chi connectivity index (χ1v) is 14.8. The number of ether oxygens (including phenoxy) is 2. The molecule has 2 bridgehead atoms. The molecule has 2 fully saturated rings. The molecule has 2 aliphatic rings. The van der Waals surface area contributed by atoms with Crippen molar-refractivity contribution in [1.29, 1.82) is 0 Å². The first-order chi connectivity index (χ1) is 17.8. The van der Waals surface area contributed by atoms with Crippen molar-refractivity contribution in [2.75, 3.05) is 19.1 Å². The number of hydrogen-bond acceptors (Lipinski definition) is 2. The average molecular weight is 507 g/mol. The third kappa shape index (κ3) is 8.50. The lowest BCUT2D eigenvalue weighted by Gasteiger charge is -2.41. The van der Waals surface area contributed by atoms with Crippen LogP contribution in [0.4, 0.5) is 0 Å². The van der Waals surface area contributed by atoms with Crippen molar-refractivity contribution in [2.24, 2.45) is 5.41 Å². The molecular formula is C32H44BClO2. The highest BCUT2D eigenvalue weighted by Crippen LogP contribution is 2.48. The lowest BCUT2D eigenvalue weighted by molar-refractivity contribution is -0.0366. The molecule has 2 nitrogen and oxygen atoms in total. The molecule has 0 spiro atoms. The Morgan fingerprint density at radius 1 is 0.778 bits per heavy atom. The van der Waals surface area contributed by atoms with Gasteiger partial charge < -0.3 is 9.47 Å². The van der Waals surface area contributed by atoms with Crippen LogP contribution < -0.4 is 0 Å². The van der Waals surface area contributed by atoms with Gasteiger partial charge in [0.15, 0.2) is 0 Å². The van der Waals surface area contributed by atoms with Crippen LogP contribution in [0.5, 0.6) is 0 Å². The van der Waals surface area contributed by atoms with E-state index in [1.54, 1.807) is 0 Å². The van der Waals surface area contributed by atoms with Gasteiger partial charge in [0, 0.05) is 11.3 Å². The van der Waals surface area contributed by atoms with E-state index in [0.29, 0.717) is 32.3 Å². The van der Waals surface area contributed by atoms with Gasteiger partial charge in [-0.05, 0) is 24.0 Å². The van der Waals surface area contributed by atoms with E-state index in [1.165, 1.54) is 62.4 Å². The number of alkyl halides is 1. The van der Waals surface area contributed by atoms with E-state index >= 15 is 0 Å². The van der Waals surface area contributed by atoms with Crippen LogP contribution in [0.25, 0.3) is 0 Å². The molecule has 2 aliphatic heterocycles. The molecule has 0 aliphatic carbocycles. The van der Waals surface area contributed by atoms with Crippen molar-refractivity contribution >= 4 is 18.3 Å². The second-order valence-electron chi connectivity index (χ2n) is 11.2. The monoisotopic (exact) mass is 506 g/mol. The molecule has 0 unspecified atom stereocenters. The van der Waals surface area contributed by atoms with Crippen molar-refractivity contribution in [3.63, 3.8) is 0 Å². The minimum atomic E-state index is -0.0318. The smallest absolute Gasteiger partial charge is 0.146 e. The zero-order valence-electron chi connectivity index (χ0n) is 22.0. The summed E-state index contributed by atoms with van der Waals surface area (Å²) in [6.07, 6.45) is 17.8. The number of rotatable bonds is 15. The molecule has 2 aromatic rings. The van der Waals surface area contributed by atoms with Crippen LogP contribution in [0.2, 0.25) is 18.0 Å². The number of hydrogen-bond donors (Lipinski definition) is 0. The Morgan fingerprint density at radius 2 is 1.31 bits per heavy atom. The summed E-state index contributed by atoms with van der Waals surface area (Å²) in [6.45, 7) is 3.65. The SMILES string of the molecule is ClC/C=C/CC(CCCB1C2CCCC1CCC2)(COCc1ccccc1)COCc1ccccc1. The molecule has 0 atom stereocenters. The van der Waals surface area contributed by atoms with Gasteiger partial charge in [-0.2, -0.15) is 0 Å². The molecule has 2 saturated heterocycles. The van der Waals surface area contributed by atoms with E-state index in [0.717, 1.165) is 31.2 Å². The molecule has 194 valence electrons. The number of allylic oxidation sites excluding steroid dienone is 2. The van der Waals surface area contributed by atoms with Crippen LogP contribution in [0.1, 0.15) is 68.9 Å². The Bertz CT molecular complexity index is 820. The largest absolute Gasteiger partial charge is 0.376 e. The average Bonchev–Trinajstić information content (AvgIpc) is 2.90. The quantitative estimate of drug-likeness (QED) is 0.136. The van der Waals surface area contributed by atoms with Crippen molar-refractivity contribution in [1.82, 2.24) is 0 Å². The van der Waals surface area contributed by atoms with Crippen molar-refractivity contribution < 1.29 is 9.47 Å². The highest BCUT2D eigenvalue weighted by Gasteiger charge is 2.39. The van der Waals surface area contributed by atoms with Gasteiger partial charge in [0.25, 0.3) is 0 Å². The fraction of sp³-hybridized carbons (Fsp3) is 0.562. The molecule has 2 heterocycles. The summed E-state index contributed by atoms with van der Waals surface area (Å²) in [6, 6.07) is 21.0. The minimum absolute atomic E-state index is 0.0318. The third-order valence-corrected chi connectivity index (χ3v) is 8.78. The number of benzene rings is 2. The summed E-state index contributed by atoms with van der Waals surface area (Å²) < 4.78 is 12.8. The Morgan fingerprint density at radius 3 is 1.81 bits per heavy atom. The maximum atomic E-state index is 6.39. The second-order valence-corrected chi connectivity index (χ2v) is 11.5.